The second-order valence-corrected chi connectivity index (χ2v) is 16.6. The van der Waals surface area contributed by atoms with Crippen LogP contribution in [-0.4, -0.2) is 80.7 Å². The Morgan fingerprint density at radius 2 is 1.14 bits per heavy atom. The van der Waals surface area contributed by atoms with Crippen molar-refractivity contribution in [1.29, 1.82) is 0 Å². The summed E-state index contributed by atoms with van der Waals surface area (Å²) in [5, 5.41) is 15.3. The summed E-state index contributed by atoms with van der Waals surface area (Å²) in [6, 6.07) is 22.4. The number of aryl methyl sites for hydroxylation is 2. The summed E-state index contributed by atoms with van der Waals surface area (Å²) in [4.78, 5) is 66.8. The summed E-state index contributed by atoms with van der Waals surface area (Å²) >= 11 is 5.77. The first-order valence-corrected chi connectivity index (χ1v) is 22.8. The maximum Gasteiger partial charge on any atom is 0.247 e. The maximum atomic E-state index is 11.9. The largest absolute Gasteiger partial charge is 0.494 e. The van der Waals surface area contributed by atoms with Gasteiger partial charge in [-0.25, -0.2) is 15.0 Å². The molecule has 0 atom stereocenters. The van der Waals surface area contributed by atoms with E-state index < -0.39 is 0 Å². The number of ether oxygens (including phenoxy) is 2. The number of nitrogens with one attached hydrogen (secondary N) is 5. The first-order valence-electron chi connectivity index (χ1n) is 22.4. The molecule has 0 bridgehead atoms. The molecule has 0 radical (unpaired) electrons. The smallest absolute Gasteiger partial charge is 0.247 e. The summed E-state index contributed by atoms with van der Waals surface area (Å²) in [5.74, 6) is 2.62. The molecule has 4 aromatic carbocycles. The number of amides is 4. The zero-order valence-electron chi connectivity index (χ0n) is 40.5. The van der Waals surface area contributed by atoms with Crippen LogP contribution in [0.15, 0.2) is 111 Å². The van der Waals surface area contributed by atoms with Gasteiger partial charge in [-0.3, -0.25) is 19.2 Å². The molecule has 4 amide bonds. The average molecular weight is 982 g/mol. The van der Waals surface area contributed by atoms with E-state index in [1.807, 2.05) is 78.2 Å². The third-order valence-corrected chi connectivity index (χ3v) is 11.5. The van der Waals surface area contributed by atoms with Crippen LogP contribution in [0.25, 0.3) is 0 Å². The fourth-order valence-electron chi connectivity index (χ4n) is 7.64. The van der Waals surface area contributed by atoms with Gasteiger partial charge in [-0.2, -0.15) is 4.98 Å². The highest BCUT2D eigenvalue weighted by molar-refractivity contribution is 6.28. The van der Waals surface area contributed by atoms with Gasteiger partial charge in [0.05, 0.1) is 25.6 Å². The van der Waals surface area contributed by atoms with Gasteiger partial charge >= 0.3 is 0 Å². The van der Waals surface area contributed by atoms with E-state index in [4.69, 9.17) is 26.8 Å². The van der Waals surface area contributed by atoms with Crippen LogP contribution in [0.3, 0.4) is 0 Å². The molecule has 19 heteroatoms. The number of nitrogen functional groups attached to an aromatic ring is 1. The number of carbonyl (C=O) groups is 4. The number of methoxy groups -OCH3 is 2. The Bertz CT molecular complexity index is 2970. The highest BCUT2D eigenvalue weighted by atomic mass is 35.5. The third kappa shape index (κ3) is 13.8. The van der Waals surface area contributed by atoms with Crippen molar-refractivity contribution in [3.05, 3.63) is 149 Å². The molecule has 18 nitrogen and oxygen atoms in total. The molecule has 71 heavy (non-hydrogen) atoms. The predicted molar refractivity (Wildman–Crippen MR) is 279 cm³/mol. The Kier molecular flexibility index (Phi) is 17.7. The van der Waals surface area contributed by atoms with Gasteiger partial charge in [-0.05, 0) is 110 Å². The minimum absolute atomic E-state index is 0.0433. The van der Waals surface area contributed by atoms with Crippen molar-refractivity contribution in [1.82, 2.24) is 29.7 Å². The number of anilines is 9. The predicted octanol–water partition coefficient (Wildman–Crippen LogP) is 8.80. The van der Waals surface area contributed by atoms with E-state index in [2.05, 4.69) is 59.7 Å². The molecule has 0 unspecified atom stereocenters. The highest BCUT2D eigenvalue weighted by Gasteiger charge is 2.25. The molecule has 2 aliphatic heterocycles. The number of nitrogens with two attached hydrogens (primary N) is 1. The van der Waals surface area contributed by atoms with Crippen LogP contribution in [0.2, 0.25) is 5.28 Å². The molecule has 368 valence electrons. The van der Waals surface area contributed by atoms with Crippen molar-refractivity contribution in [2.75, 3.05) is 59.6 Å². The lowest BCUT2D eigenvalue weighted by Crippen LogP contribution is -2.34. The summed E-state index contributed by atoms with van der Waals surface area (Å²) in [5.41, 5.74) is 16.2. The molecule has 0 aliphatic carbocycles. The quantitative estimate of drug-likeness (QED) is 0.0383. The minimum Gasteiger partial charge on any atom is -0.494 e. The van der Waals surface area contributed by atoms with Crippen molar-refractivity contribution >= 4 is 86.9 Å². The Hall–Kier alpha value is -8.51. The number of rotatable bonds is 12. The summed E-state index contributed by atoms with van der Waals surface area (Å²) in [6.07, 6.45) is 7.45. The van der Waals surface area contributed by atoms with Gasteiger partial charge in [0.1, 0.15) is 23.1 Å². The van der Waals surface area contributed by atoms with Crippen molar-refractivity contribution in [2.45, 2.75) is 53.6 Å². The lowest BCUT2D eigenvalue weighted by atomic mass is 9.97. The van der Waals surface area contributed by atoms with Crippen molar-refractivity contribution in [3.63, 3.8) is 0 Å². The normalized spacial score (nSPS) is 12.2. The van der Waals surface area contributed by atoms with Crippen molar-refractivity contribution in [2.24, 2.45) is 0 Å². The van der Waals surface area contributed by atoms with E-state index in [1.165, 1.54) is 23.3 Å². The van der Waals surface area contributed by atoms with Crippen LogP contribution < -0.4 is 41.8 Å². The van der Waals surface area contributed by atoms with E-state index in [0.717, 1.165) is 58.7 Å². The first kappa shape index (κ1) is 51.9. The fraction of sp³-hybridized carbons (Fsp3) is 0.231. The molecule has 2 aromatic heterocycles. The Morgan fingerprint density at radius 3 is 1.65 bits per heavy atom. The number of halogens is 1. The molecular weight excluding hydrogens is 924 g/mol. The van der Waals surface area contributed by atoms with E-state index in [0.29, 0.717) is 65.8 Å². The average Bonchev–Trinajstić information content (AvgIpc) is 3.36. The summed E-state index contributed by atoms with van der Waals surface area (Å²) in [6.45, 7) is 16.4. The SMILES string of the molecule is C=CC(=O)Nc1cccc(Nc2nc(Cl)ncc2C)c1.C=CC(=O)Nc1cccc(Nc2nc(Nc3ccc4c(c3OC)CN(C(C)=O)CC4)ncc2C)c1.COc1c(N)ccc2c1CN(C(C)=O)CC2. The van der Waals surface area contributed by atoms with Gasteiger partial charge in [-0.15, -0.1) is 0 Å². The summed E-state index contributed by atoms with van der Waals surface area (Å²) in [7, 11) is 3.23. The van der Waals surface area contributed by atoms with Crippen LogP contribution in [-0.2, 0) is 45.1 Å². The Morgan fingerprint density at radius 1 is 0.662 bits per heavy atom. The number of hydrogen-bond donors (Lipinski definition) is 6. The van der Waals surface area contributed by atoms with Gasteiger partial charge < -0.3 is 51.6 Å². The van der Waals surface area contributed by atoms with Gasteiger partial charge in [0.15, 0.2) is 0 Å². The van der Waals surface area contributed by atoms with E-state index >= 15 is 0 Å². The van der Waals surface area contributed by atoms with Gasteiger partial charge in [0.25, 0.3) is 0 Å². The molecule has 2 aliphatic rings. The standard InChI is InChI=1S/C26H28N6O3.C14H13ClN4O.C12H16N2O2/c1-5-23(34)28-19-7-6-8-20(13-19)29-25-16(2)14-27-26(31-25)30-22-10-9-18-11-12-32(17(3)33)15-21(18)24(22)35-4;1-3-12(20)17-10-5-4-6-11(7-10)18-13-9(2)8-16-14(15)19-13;1-8(15)14-6-5-9-3-4-11(13)12(16-2)10(9)7-14/h5-10,13-14H,1,11-12,15H2,2-4H3,(H,28,34)(H2,27,29,30,31);3-8H,1H2,2H3,(H,17,20)(H,16,18,19);3-4H,5-7,13H2,1-2H3. The van der Waals surface area contributed by atoms with E-state index in [1.54, 1.807) is 58.7 Å². The molecule has 0 saturated heterocycles. The second-order valence-electron chi connectivity index (χ2n) is 16.3. The lowest BCUT2D eigenvalue weighted by molar-refractivity contribution is -0.130. The van der Waals surface area contributed by atoms with Gasteiger partial charge in [0, 0.05) is 97.4 Å². The highest BCUT2D eigenvalue weighted by Crippen LogP contribution is 2.37. The summed E-state index contributed by atoms with van der Waals surface area (Å²) < 4.78 is 11.0. The van der Waals surface area contributed by atoms with Crippen molar-refractivity contribution < 1.29 is 28.7 Å². The molecule has 0 saturated carbocycles. The number of carbonyl (C=O) groups excluding carboxylic acids is 4. The van der Waals surface area contributed by atoms with E-state index in [9.17, 15) is 19.2 Å². The molecule has 7 N–H and O–H groups in total. The number of hydrogen-bond acceptors (Lipinski definition) is 14. The number of fused-ring (bicyclic) bond motifs is 2. The maximum absolute atomic E-state index is 11.9. The molecule has 6 aromatic rings. The van der Waals surface area contributed by atoms with Gasteiger partial charge in [0.2, 0.25) is 34.9 Å². The van der Waals surface area contributed by atoms with E-state index in [-0.39, 0.29) is 28.9 Å². The zero-order chi connectivity index (χ0) is 51.2. The molecule has 0 fully saturated rings. The number of aromatic nitrogens is 4. The minimum atomic E-state index is -0.280. The zero-order valence-corrected chi connectivity index (χ0v) is 41.2. The monoisotopic (exact) mass is 980 g/mol. The number of benzene rings is 4. The van der Waals surface area contributed by atoms with Crippen LogP contribution in [0, 0.1) is 13.8 Å². The van der Waals surface area contributed by atoms with Crippen LogP contribution in [0.4, 0.5) is 51.7 Å². The Labute approximate surface area is 417 Å². The van der Waals surface area contributed by atoms with Crippen LogP contribution >= 0.6 is 11.6 Å². The lowest BCUT2D eigenvalue weighted by Gasteiger charge is -2.30. The molecule has 8 rings (SSSR count). The molecule has 0 spiro atoms. The molecule has 4 heterocycles. The van der Waals surface area contributed by atoms with Crippen LogP contribution in [0.1, 0.15) is 47.2 Å². The topological polar surface area (TPSA) is 231 Å². The first-order chi connectivity index (χ1) is 34.1. The fourth-order valence-corrected chi connectivity index (χ4v) is 7.77. The van der Waals surface area contributed by atoms with Crippen LogP contribution in [0.5, 0.6) is 11.5 Å². The second kappa shape index (κ2) is 24.2. The van der Waals surface area contributed by atoms with Crippen molar-refractivity contribution in [3.8, 4) is 11.5 Å². The Balaban J connectivity index is 0.000000193. The molecular formula is C52H57ClN12O6. The third-order valence-electron chi connectivity index (χ3n) is 11.4. The van der Waals surface area contributed by atoms with Gasteiger partial charge in [-0.1, -0.05) is 37.4 Å². The number of nitrogens with zero attached hydrogens (tertiary/aromatic N) is 6.